The highest BCUT2D eigenvalue weighted by molar-refractivity contribution is 5.85. The van der Waals surface area contributed by atoms with E-state index in [1.54, 1.807) is 6.07 Å². The van der Waals surface area contributed by atoms with Gasteiger partial charge in [0, 0.05) is 12.1 Å². The highest BCUT2D eigenvalue weighted by Crippen LogP contribution is 2.32. The molecule has 0 aliphatic carbocycles. The minimum absolute atomic E-state index is 0. The lowest BCUT2D eigenvalue weighted by molar-refractivity contribution is 0.149. The molecule has 0 saturated carbocycles. The second-order valence-corrected chi connectivity index (χ2v) is 4.78. The first kappa shape index (κ1) is 16.6. The van der Waals surface area contributed by atoms with Crippen LogP contribution in [-0.4, -0.2) is 19.0 Å². The van der Waals surface area contributed by atoms with Gasteiger partial charge in [-0.3, -0.25) is 0 Å². The predicted molar refractivity (Wildman–Crippen MR) is 81.5 cm³/mol. The summed E-state index contributed by atoms with van der Waals surface area (Å²) in [5.41, 5.74) is 2.68. The molecule has 20 heavy (non-hydrogen) atoms. The summed E-state index contributed by atoms with van der Waals surface area (Å²) in [7, 11) is 3.77. The fraction of sp³-hybridized carbons (Fsp3) is 0.250. The zero-order chi connectivity index (χ0) is 13.8. The molecule has 0 fully saturated rings. The van der Waals surface area contributed by atoms with Crippen LogP contribution in [0.1, 0.15) is 17.6 Å². The van der Waals surface area contributed by atoms with Crippen molar-refractivity contribution in [3.63, 3.8) is 0 Å². The van der Waals surface area contributed by atoms with Gasteiger partial charge in [0.1, 0.15) is 0 Å². The van der Waals surface area contributed by atoms with Crippen LogP contribution in [0.15, 0.2) is 48.5 Å². The summed E-state index contributed by atoms with van der Waals surface area (Å²) in [6.07, 6.45) is -2.45. The third kappa shape index (κ3) is 3.78. The van der Waals surface area contributed by atoms with Crippen molar-refractivity contribution in [2.45, 2.75) is 13.0 Å². The average Bonchev–Trinajstić information content (AvgIpc) is 2.39. The third-order valence-corrected chi connectivity index (χ3v) is 3.01. The van der Waals surface area contributed by atoms with E-state index in [9.17, 15) is 8.78 Å². The average molecular weight is 298 g/mol. The van der Waals surface area contributed by atoms with Crippen molar-refractivity contribution >= 4 is 12.4 Å². The van der Waals surface area contributed by atoms with Crippen LogP contribution in [0, 0.1) is 0 Å². The number of benzene rings is 2. The van der Waals surface area contributed by atoms with Crippen molar-refractivity contribution in [1.29, 1.82) is 0 Å². The highest BCUT2D eigenvalue weighted by atomic mass is 35.5. The summed E-state index contributed by atoms with van der Waals surface area (Å²) in [6.45, 7) is 0.505. The van der Waals surface area contributed by atoms with Crippen LogP contribution in [0.2, 0.25) is 0 Å². The van der Waals surface area contributed by atoms with Crippen LogP contribution in [0.4, 0.5) is 8.78 Å². The molecule has 108 valence electrons. The van der Waals surface area contributed by atoms with Gasteiger partial charge in [-0.25, -0.2) is 8.78 Å². The minimum Gasteiger partial charge on any atom is -0.305 e. The first-order valence-electron chi connectivity index (χ1n) is 6.19. The summed E-state index contributed by atoms with van der Waals surface area (Å²) < 4.78 is 26.3. The number of nitrogens with zero attached hydrogens (tertiary/aromatic N) is 1. The van der Waals surface area contributed by atoms with Gasteiger partial charge >= 0.3 is 0 Å². The SMILES string of the molecule is CN(C)Cc1c(-c2ccccc2)cccc1C(F)F.Cl. The van der Waals surface area contributed by atoms with Crippen molar-refractivity contribution < 1.29 is 8.78 Å². The van der Waals surface area contributed by atoms with Crippen LogP contribution in [-0.2, 0) is 6.54 Å². The zero-order valence-corrected chi connectivity index (χ0v) is 12.3. The van der Waals surface area contributed by atoms with E-state index >= 15 is 0 Å². The Morgan fingerprint density at radius 2 is 1.60 bits per heavy atom. The second-order valence-electron chi connectivity index (χ2n) is 4.78. The van der Waals surface area contributed by atoms with Gasteiger partial charge < -0.3 is 4.90 Å². The predicted octanol–water partition coefficient (Wildman–Crippen LogP) is 4.77. The Kier molecular flexibility index (Phi) is 6.11. The van der Waals surface area contributed by atoms with E-state index in [2.05, 4.69) is 0 Å². The van der Waals surface area contributed by atoms with Crippen LogP contribution < -0.4 is 0 Å². The van der Waals surface area contributed by atoms with Gasteiger partial charge in [0.2, 0.25) is 0 Å². The number of rotatable bonds is 4. The third-order valence-electron chi connectivity index (χ3n) is 3.01. The van der Waals surface area contributed by atoms with E-state index in [1.807, 2.05) is 55.4 Å². The summed E-state index contributed by atoms with van der Waals surface area (Å²) in [5.74, 6) is 0. The second kappa shape index (κ2) is 7.36. The summed E-state index contributed by atoms with van der Waals surface area (Å²) >= 11 is 0. The fourth-order valence-electron chi connectivity index (χ4n) is 2.19. The maximum Gasteiger partial charge on any atom is 0.264 e. The van der Waals surface area contributed by atoms with Gasteiger partial charge in [-0.15, -0.1) is 12.4 Å². The lowest BCUT2D eigenvalue weighted by atomic mass is 9.95. The van der Waals surface area contributed by atoms with Gasteiger partial charge in [-0.1, -0.05) is 48.5 Å². The molecule has 2 rings (SSSR count). The topological polar surface area (TPSA) is 3.24 Å². The molecule has 2 aromatic carbocycles. The molecule has 4 heteroatoms. The zero-order valence-electron chi connectivity index (χ0n) is 11.5. The summed E-state index contributed by atoms with van der Waals surface area (Å²) in [6, 6.07) is 14.8. The van der Waals surface area contributed by atoms with Gasteiger partial charge in [-0.05, 0) is 30.8 Å². The lowest BCUT2D eigenvalue weighted by Crippen LogP contribution is -2.13. The smallest absolute Gasteiger partial charge is 0.264 e. The van der Waals surface area contributed by atoms with Crippen LogP contribution in [0.3, 0.4) is 0 Å². The minimum atomic E-state index is -2.45. The molecule has 0 aliphatic heterocycles. The highest BCUT2D eigenvalue weighted by Gasteiger charge is 2.17. The lowest BCUT2D eigenvalue weighted by Gasteiger charge is -2.18. The summed E-state index contributed by atoms with van der Waals surface area (Å²) in [4.78, 5) is 1.91. The van der Waals surface area contributed by atoms with Gasteiger partial charge in [0.15, 0.2) is 0 Å². The maximum absolute atomic E-state index is 13.2. The monoisotopic (exact) mass is 297 g/mol. The van der Waals surface area contributed by atoms with Gasteiger partial charge in [0.25, 0.3) is 6.43 Å². The Balaban J connectivity index is 0.00000200. The molecule has 0 bridgehead atoms. The molecule has 2 aromatic rings. The fourth-order valence-corrected chi connectivity index (χ4v) is 2.19. The molecule has 0 unspecified atom stereocenters. The molecule has 1 nitrogen and oxygen atoms in total. The Hall–Kier alpha value is -1.45. The van der Waals surface area contributed by atoms with Crippen molar-refractivity contribution in [3.05, 3.63) is 59.7 Å². The van der Waals surface area contributed by atoms with Gasteiger partial charge in [-0.2, -0.15) is 0 Å². The number of hydrogen-bond donors (Lipinski definition) is 0. The number of halogens is 3. The van der Waals surface area contributed by atoms with E-state index in [0.717, 1.165) is 11.1 Å². The van der Waals surface area contributed by atoms with E-state index in [-0.39, 0.29) is 18.0 Å². The molecule has 0 atom stereocenters. The maximum atomic E-state index is 13.2. The van der Waals surface area contributed by atoms with E-state index in [4.69, 9.17) is 0 Å². The molecule has 0 amide bonds. The molecule has 0 saturated heterocycles. The molecular weight excluding hydrogens is 280 g/mol. The standard InChI is InChI=1S/C16H17F2N.ClH/c1-19(2)11-15-13(12-7-4-3-5-8-12)9-6-10-14(15)16(17)18;/h3-10,16H,11H2,1-2H3;1H. The van der Waals surface area contributed by atoms with Crippen LogP contribution >= 0.6 is 12.4 Å². The molecule has 0 spiro atoms. The van der Waals surface area contributed by atoms with Gasteiger partial charge in [0.05, 0.1) is 0 Å². The van der Waals surface area contributed by atoms with Crippen LogP contribution in [0.5, 0.6) is 0 Å². The number of hydrogen-bond acceptors (Lipinski definition) is 1. The van der Waals surface area contributed by atoms with Crippen molar-refractivity contribution in [3.8, 4) is 11.1 Å². The Bertz CT molecular complexity index is 541. The van der Waals surface area contributed by atoms with Crippen molar-refractivity contribution in [1.82, 2.24) is 4.90 Å². The molecule has 0 N–H and O–H groups in total. The Labute approximate surface area is 124 Å². The van der Waals surface area contributed by atoms with Crippen LogP contribution in [0.25, 0.3) is 11.1 Å². The normalized spacial score (nSPS) is 10.7. The number of alkyl halides is 2. The molecule has 0 aromatic heterocycles. The largest absolute Gasteiger partial charge is 0.305 e. The van der Waals surface area contributed by atoms with E-state index < -0.39 is 6.43 Å². The Morgan fingerprint density at radius 3 is 2.15 bits per heavy atom. The molecular formula is C16H18ClF2N. The first-order valence-corrected chi connectivity index (χ1v) is 6.19. The Morgan fingerprint density at radius 1 is 0.950 bits per heavy atom. The molecule has 0 aliphatic rings. The van der Waals surface area contributed by atoms with E-state index in [0.29, 0.717) is 12.1 Å². The van der Waals surface area contributed by atoms with Crippen molar-refractivity contribution in [2.24, 2.45) is 0 Å². The molecule has 0 heterocycles. The molecule has 0 radical (unpaired) electrons. The van der Waals surface area contributed by atoms with Crippen molar-refractivity contribution in [2.75, 3.05) is 14.1 Å². The quantitative estimate of drug-likeness (QED) is 0.785. The van der Waals surface area contributed by atoms with E-state index in [1.165, 1.54) is 6.07 Å². The first-order chi connectivity index (χ1) is 9.09. The summed E-state index contributed by atoms with van der Waals surface area (Å²) in [5, 5.41) is 0.